The first-order valence-corrected chi connectivity index (χ1v) is 5.59. The number of furan rings is 1. The van der Waals surface area contributed by atoms with Crippen molar-refractivity contribution in [3.8, 4) is 5.75 Å². The molecule has 0 aliphatic rings. The van der Waals surface area contributed by atoms with Crippen molar-refractivity contribution in [2.75, 3.05) is 5.32 Å². The Morgan fingerprint density at radius 2 is 2.05 bits per heavy atom. The predicted molar refractivity (Wildman–Crippen MR) is 63.8 cm³/mol. The minimum atomic E-state index is -3.04. The Morgan fingerprint density at radius 3 is 2.63 bits per heavy atom. The Hall–Kier alpha value is -2.11. The fourth-order valence-corrected chi connectivity index (χ4v) is 1.64. The number of anilines is 1. The van der Waals surface area contributed by atoms with Gasteiger partial charge in [0.15, 0.2) is 11.6 Å². The van der Waals surface area contributed by atoms with E-state index in [4.69, 9.17) is 4.42 Å². The number of halogens is 3. The van der Waals surface area contributed by atoms with Gasteiger partial charge in [0.1, 0.15) is 0 Å². The first kappa shape index (κ1) is 13.3. The summed E-state index contributed by atoms with van der Waals surface area (Å²) >= 11 is 0. The Kier molecular flexibility index (Phi) is 3.99. The van der Waals surface area contributed by atoms with E-state index in [2.05, 4.69) is 10.1 Å². The number of alkyl halides is 2. The summed E-state index contributed by atoms with van der Waals surface area (Å²) in [4.78, 5) is 0. The molecule has 1 unspecified atom stereocenters. The van der Waals surface area contributed by atoms with Gasteiger partial charge >= 0.3 is 6.61 Å². The zero-order valence-electron chi connectivity index (χ0n) is 10.1. The van der Waals surface area contributed by atoms with Gasteiger partial charge in [-0.2, -0.15) is 8.78 Å². The van der Waals surface area contributed by atoms with Crippen molar-refractivity contribution in [2.45, 2.75) is 19.6 Å². The standard InChI is InChI=1S/C13H12F3NO2/c1-8(9-4-5-18-7-9)17-10-2-3-12(11(14)6-10)19-13(15)16/h2-8,13,17H,1H3. The van der Waals surface area contributed by atoms with Gasteiger partial charge in [-0.3, -0.25) is 0 Å². The lowest BCUT2D eigenvalue weighted by molar-refractivity contribution is -0.0521. The van der Waals surface area contributed by atoms with Gasteiger partial charge in [0.05, 0.1) is 18.6 Å². The second-order valence-electron chi connectivity index (χ2n) is 3.95. The van der Waals surface area contributed by atoms with E-state index in [0.717, 1.165) is 17.7 Å². The number of hydrogen-bond acceptors (Lipinski definition) is 3. The molecule has 2 rings (SSSR count). The van der Waals surface area contributed by atoms with Gasteiger partial charge in [-0.05, 0) is 25.1 Å². The van der Waals surface area contributed by atoms with Crippen LogP contribution in [0.15, 0.2) is 41.2 Å². The molecule has 1 aromatic heterocycles. The van der Waals surface area contributed by atoms with Crippen molar-refractivity contribution in [3.05, 3.63) is 48.2 Å². The van der Waals surface area contributed by atoms with Gasteiger partial charge < -0.3 is 14.5 Å². The number of ether oxygens (including phenoxy) is 1. The molecule has 3 nitrogen and oxygen atoms in total. The van der Waals surface area contributed by atoms with Crippen LogP contribution in [0.3, 0.4) is 0 Å². The van der Waals surface area contributed by atoms with E-state index >= 15 is 0 Å². The number of benzene rings is 1. The van der Waals surface area contributed by atoms with E-state index in [1.54, 1.807) is 12.3 Å². The highest BCUT2D eigenvalue weighted by Gasteiger charge is 2.12. The maximum Gasteiger partial charge on any atom is 0.387 e. The summed E-state index contributed by atoms with van der Waals surface area (Å²) in [7, 11) is 0. The molecule has 0 bridgehead atoms. The van der Waals surface area contributed by atoms with Crippen LogP contribution in [-0.2, 0) is 0 Å². The van der Waals surface area contributed by atoms with E-state index in [1.807, 2.05) is 6.92 Å². The molecule has 102 valence electrons. The zero-order valence-corrected chi connectivity index (χ0v) is 10.1. The molecule has 1 aromatic carbocycles. The molecular weight excluding hydrogens is 259 g/mol. The summed E-state index contributed by atoms with van der Waals surface area (Å²) in [5, 5.41) is 3.02. The average Bonchev–Trinajstić information content (AvgIpc) is 2.86. The van der Waals surface area contributed by atoms with Crippen molar-refractivity contribution < 1.29 is 22.3 Å². The molecule has 0 radical (unpaired) electrons. The lowest BCUT2D eigenvalue weighted by Crippen LogP contribution is -2.07. The third-order valence-corrected chi connectivity index (χ3v) is 2.57. The smallest absolute Gasteiger partial charge is 0.387 e. The van der Waals surface area contributed by atoms with Crippen LogP contribution in [0.4, 0.5) is 18.9 Å². The molecule has 1 N–H and O–H groups in total. The van der Waals surface area contributed by atoms with Crippen LogP contribution in [-0.4, -0.2) is 6.61 Å². The van der Waals surface area contributed by atoms with E-state index < -0.39 is 18.2 Å². The molecule has 0 saturated heterocycles. The fraction of sp³-hybridized carbons (Fsp3) is 0.231. The van der Waals surface area contributed by atoms with E-state index in [-0.39, 0.29) is 6.04 Å². The highest BCUT2D eigenvalue weighted by molar-refractivity contribution is 5.48. The average molecular weight is 271 g/mol. The third-order valence-electron chi connectivity index (χ3n) is 2.57. The number of hydrogen-bond donors (Lipinski definition) is 1. The predicted octanol–water partition coefficient (Wildman–Crippen LogP) is 4.19. The van der Waals surface area contributed by atoms with Gasteiger partial charge in [0.2, 0.25) is 0 Å². The minimum Gasteiger partial charge on any atom is -0.472 e. The van der Waals surface area contributed by atoms with Crippen molar-refractivity contribution in [1.82, 2.24) is 0 Å². The molecule has 19 heavy (non-hydrogen) atoms. The topological polar surface area (TPSA) is 34.4 Å². The molecule has 0 saturated carbocycles. The summed E-state index contributed by atoms with van der Waals surface area (Å²) in [5.41, 5.74) is 1.36. The molecule has 0 aliphatic carbocycles. The van der Waals surface area contributed by atoms with Crippen molar-refractivity contribution in [1.29, 1.82) is 0 Å². The summed E-state index contributed by atoms with van der Waals surface area (Å²) in [6, 6.07) is 5.42. The lowest BCUT2D eigenvalue weighted by Gasteiger charge is -2.14. The van der Waals surface area contributed by atoms with Crippen LogP contribution < -0.4 is 10.1 Å². The normalized spacial score (nSPS) is 12.5. The second-order valence-corrected chi connectivity index (χ2v) is 3.95. The van der Waals surface area contributed by atoms with Crippen LogP contribution in [0.2, 0.25) is 0 Å². The van der Waals surface area contributed by atoms with Gasteiger partial charge in [0, 0.05) is 17.3 Å². The SMILES string of the molecule is CC(Nc1ccc(OC(F)F)c(F)c1)c1ccoc1. The van der Waals surface area contributed by atoms with E-state index in [0.29, 0.717) is 5.69 Å². The summed E-state index contributed by atoms with van der Waals surface area (Å²) in [6.45, 7) is -1.18. The Labute approximate surface area is 108 Å². The molecule has 0 aliphatic heterocycles. The van der Waals surface area contributed by atoms with Crippen molar-refractivity contribution >= 4 is 5.69 Å². The van der Waals surface area contributed by atoms with E-state index in [9.17, 15) is 13.2 Å². The summed E-state index contributed by atoms with van der Waals surface area (Å²) < 4.78 is 46.4. The van der Waals surface area contributed by atoms with Crippen LogP contribution in [0, 0.1) is 5.82 Å². The van der Waals surface area contributed by atoms with Crippen LogP contribution in [0.1, 0.15) is 18.5 Å². The first-order chi connectivity index (χ1) is 9.06. The Morgan fingerprint density at radius 1 is 1.26 bits per heavy atom. The Balaban J connectivity index is 2.07. The van der Waals surface area contributed by atoms with Gasteiger partial charge in [-0.15, -0.1) is 0 Å². The lowest BCUT2D eigenvalue weighted by atomic mass is 10.1. The molecule has 6 heteroatoms. The monoisotopic (exact) mass is 271 g/mol. The molecule has 2 aromatic rings. The largest absolute Gasteiger partial charge is 0.472 e. The van der Waals surface area contributed by atoms with Crippen LogP contribution in [0.5, 0.6) is 5.75 Å². The van der Waals surface area contributed by atoms with Gasteiger partial charge in [-0.1, -0.05) is 0 Å². The molecule has 1 heterocycles. The van der Waals surface area contributed by atoms with Gasteiger partial charge in [-0.25, -0.2) is 4.39 Å². The fourth-order valence-electron chi connectivity index (χ4n) is 1.64. The van der Waals surface area contributed by atoms with Crippen LogP contribution in [0.25, 0.3) is 0 Å². The van der Waals surface area contributed by atoms with Crippen molar-refractivity contribution in [2.24, 2.45) is 0 Å². The third kappa shape index (κ3) is 3.43. The molecular formula is C13H12F3NO2. The van der Waals surface area contributed by atoms with Gasteiger partial charge in [0.25, 0.3) is 0 Å². The zero-order chi connectivity index (χ0) is 13.8. The molecule has 1 atom stereocenters. The maximum atomic E-state index is 13.5. The second kappa shape index (κ2) is 5.69. The highest BCUT2D eigenvalue weighted by Crippen LogP contribution is 2.25. The van der Waals surface area contributed by atoms with E-state index in [1.165, 1.54) is 12.3 Å². The number of rotatable bonds is 5. The van der Waals surface area contributed by atoms with Crippen LogP contribution >= 0.6 is 0 Å². The minimum absolute atomic E-state index is 0.0972. The Bertz CT molecular complexity index is 529. The molecule has 0 spiro atoms. The summed E-state index contributed by atoms with van der Waals surface area (Å²) in [5.74, 6) is -1.32. The first-order valence-electron chi connectivity index (χ1n) is 5.59. The maximum absolute atomic E-state index is 13.5. The highest BCUT2D eigenvalue weighted by atomic mass is 19.3. The quantitative estimate of drug-likeness (QED) is 0.885. The summed E-state index contributed by atoms with van der Waals surface area (Å²) in [6.07, 6.45) is 3.11. The molecule has 0 fully saturated rings. The number of nitrogens with one attached hydrogen (secondary N) is 1. The van der Waals surface area contributed by atoms with Crippen molar-refractivity contribution in [3.63, 3.8) is 0 Å². The molecule has 0 amide bonds.